The number of hydrogen-bond donors (Lipinski definition) is 0. The number of halogens is 3. The molecule has 0 saturated heterocycles. The zero-order valence-corrected chi connectivity index (χ0v) is 20.2. The highest BCUT2D eigenvalue weighted by atomic mass is 32.2. The van der Waals surface area contributed by atoms with Crippen molar-refractivity contribution in [2.75, 3.05) is 5.75 Å². The number of alkyl halides is 3. The second-order valence-electron chi connectivity index (χ2n) is 8.36. The molecule has 0 aromatic heterocycles. The summed E-state index contributed by atoms with van der Waals surface area (Å²) in [5, 5.41) is 0. The average molecular weight is 490 g/mol. The first-order valence-corrected chi connectivity index (χ1v) is 13.1. The van der Waals surface area contributed by atoms with Gasteiger partial charge >= 0.3 is 6.18 Å². The molecular weight excluding hydrogens is 459 g/mol. The Bertz CT molecular complexity index is 1140. The maximum Gasteiger partial charge on any atom is 0.416 e. The van der Waals surface area contributed by atoms with Crippen LogP contribution in [0.3, 0.4) is 0 Å². The highest BCUT2D eigenvalue weighted by Crippen LogP contribution is 2.33. The minimum Gasteiger partial charge on any atom is -0.288 e. The molecule has 0 N–H and O–H groups in total. The van der Waals surface area contributed by atoms with Crippen LogP contribution in [-0.4, -0.2) is 19.1 Å². The Labute approximate surface area is 200 Å². The first-order chi connectivity index (χ1) is 16.1. The summed E-state index contributed by atoms with van der Waals surface area (Å²) in [7, 11) is -3.28. The zero-order valence-electron chi connectivity index (χ0n) is 19.4. The molecule has 3 aromatic carbocycles. The second kappa shape index (κ2) is 11.2. The number of benzene rings is 3. The Morgan fingerprint density at radius 1 is 0.794 bits per heavy atom. The number of sulfone groups is 1. The van der Waals surface area contributed by atoms with Gasteiger partial charge in [-0.1, -0.05) is 74.9 Å². The molecule has 0 bridgehead atoms. The minimum absolute atomic E-state index is 0.0406. The normalized spacial score (nSPS) is 13.2. The van der Waals surface area contributed by atoms with E-state index in [1.807, 2.05) is 42.5 Å². The second-order valence-corrected chi connectivity index (χ2v) is 10.6. The van der Waals surface area contributed by atoms with E-state index in [0.717, 1.165) is 41.7 Å². The van der Waals surface area contributed by atoms with E-state index >= 15 is 0 Å². The molecular formula is C27H30F3NO2S. The van der Waals surface area contributed by atoms with Crippen LogP contribution in [0, 0.1) is 0 Å². The molecule has 0 aliphatic carbocycles. The molecule has 0 spiro atoms. The van der Waals surface area contributed by atoms with Crippen LogP contribution in [-0.2, 0) is 29.1 Å². The summed E-state index contributed by atoms with van der Waals surface area (Å²) in [4.78, 5) is 2.53. The zero-order chi connectivity index (χ0) is 24.8. The van der Waals surface area contributed by atoms with Gasteiger partial charge in [-0.3, -0.25) is 4.90 Å². The van der Waals surface area contributed by atoms with Crippen molar-refractivity contribution in [3.05, 3.63) is 101 Å². The van der Waals surface area contributed by atoms with Crippen LogP contribution in [0.2, 0.25) is 0 Å². The third-order valence-electron chi connectivity index (χ3n) is 5.90. The highest BCUT2D eigenvalue weighted by molar-refractivity contribution is 7.91. The summed E-state index contributed by atoms with van der Waals surface area (Å²) >= 11 is 0. The minimum atomic E-state index is -4.37. The van der Waals surface area contributed by atoms with Crippen molar-refractivity contribution in [3.8, 4) is 0 Å². The molecule has 0 amide bonds. The Balaban J connectivity index is 1.94. The summed E-state index contributed by atoms with van der Waals surface area (Å²) in [5.41, 5.74) is 2.21. The van der Waals surface area contributed by atoms with Crippen LogP contribution in [0.5, 0.6) is 0 Å². The Morgan fingerprint density at radius 2 is 1.35 bits per heavy atom. The van der Waals surface area contributed by atoms with Gasteiger partial charge in [0.25, 0.3) is 0 Å². The fourth-order valence-corrected chi connectivity index (χ4v) is 4.91. The first-order valence-electron chi connectivity index (χ1n) is 11.4. The van der Waals surface area contributed by atoms with E-state index in [1.54, 1.807) is 31.2 Å². The Morgan fingerprint density at radius 3 is 1.85 bits per heavy atom. The monoisotopic (exact) mass is 489 g/mol. The van der Waals surface area contributed by atoms with Crippen LogP contribution in [0.4, 0.5) is 13.2 Å². The van der Waals surface area contributed by atoms with Crippen LogP contribution in [0.15, 0.2) is 83.8 Å². The number of rotatable bonds is 10. The molecule has 0 radical (unpaired) electrons. The number of hydrogen-bond acceptors (Lipinski definition) is 3. The lowest BCUT2D eigenvalue weighted by Gasteiger charge is -2.32. The van der Waals surface area contributed by atoms with Crippen molar-refractivity contribution in [1.29, 1.82) is 0 Å². The molecule has 0 aliphatic heterocycles. The van der Waals surface area contributed by atoms with E-state index in [4.69, 9.17) is 0 Å². The summed E-state index contributed by atoms with van der Waals surface area (Å²) in [5.74, 6) is 0.0406. The predicted molar refractivity (Wildman–Crippen MR) is 129 cm³/mol. The smallest absolute Gasteiger partial charge is 0.288 e. The maximum absolute atomic E-state index is 13.1. The van der Waals surface area contributed by atoms with Crippen LogP contribution < -0.4 is 0 Å². The van der Waals surface area contributed by atoms with Gasteiger partial charge in [-0.05, 0) is 47.4 Å². The molecule has 3 nitrogen and oxygen atoms in total. The van der Waals surface area contributed by atoms with Gasteiger partial charge in [0.15, 0.2) is 9.84 Å². The lowest BCUT2D eigenvalue weighted by atomic mass is 9.97. The Hall–Kier alpha value is -2.64. The van der Waals surface area contributed by atoms with E-state index in [9.17, 15) is 21.6 Å². The Kier molecular flexibility index (Phi) is 8.55. The summed E-state index contributed by atoms with van der Waals surface area (Å²) in [6.45, 7) is 4.82. The fourth-order valence-electron chi connectivity index (χ4n) is 4.03. The van der Waals surface area contributed by atoms with Gasteiger partial charge in [0.1, 0.15) is 0 Å². The van der Waals surface area contributed by atoms with E-state index < -0.39 is 21.6 Å². The van der Waals surface area contributed by atoms with Crippen molar-refractivity contribution < 1.29 is 21.6 Å². The standard InChI is InChI=1S/C27H30F3NO2S/c1-3-8-26(23-13-15-24(16-14-23)27(28,29)30)31(19-21-9-6-5-7-10-21)20-22-11-17-25(18-12-22)34(32,33)4-2/h5-7,9-18,26H,3-4,8,19-20H2,1-2H3. The van der Waals surface area contributed by atoms with Gasteiger partial charge in [-0.15, -0.1) is 0 Å². The van der Waals surface area contributed by atoms with Gasteiger partial charge in [0, 0.05) is 19.1 Å². The first kappa shape index (κ1) is 26.0. The van der Waals surface area contributed by atoms with E-state index in [0.29, 0.717) is 18.0 Å². The molecule has 0 heterocycles. The summed E-state index contributed by atoms with van der Waals surface area (Å²) in [6.07, 6.45) is -2.73. The largest absolute Gasteiger partial charge is 0.416 e. The quantitative estimate of drug-likeness (QED) is 0.306. The molecule has 0 saturated carbocycles. The third-order valence-corrected chi connectivity index (χ3v) is 7.65. The van der Waals surface area contributed by atoms with Crippen molar-refractivity contribution >= 4 is 9.84 Å². The van der Waals surface area contributed by atoms with Crippen molar-refractivity contribution in [2.45, 2.75) is 56.9 Å². The maximum atomic E-state index is 13.1. The molecule has 0 fully saturated rings. The molecule has 1 atom stereocenters. The summed E-state index contributed by atoms with van der Waals surface area (Å²) in [6, 6.07) is 22.1. The van der Waals surface area contributed by atoms with Crippen molar-refractivity contribution in [1.82, 2.24) is 4.90 Å². The molecule has 3 aromatic rings. The molecule has 34 heavy (non-hydrogen) atoms. The molecule has 182 valence electrons. The van der Waals surface area contributed by atoms with Gasteiger partial charge < -0.3 is 0 Å². The van der Waals surface area contributed by atoms with Gasteiger partial charge in [0.2, 0.25) is 0 Å². The van der Waals surface area contributed by atoms with Crippen LogP contribution in [0.1, 0.15) is 55.0 Å². The van der Waals surface area contributed by atoms with Crippen LogP contribution >= 0.6 is 0 Å². The van der Waals surface area contributed by atoms with E-state index in [1.165, 1.54) is 0 Å². The van der Waals surface area contributed by atoms with Gasteiger partial charge in [-0.25, -0.2) is 8.42 Å². The van der Waals surface area contributed by atoms with E-state index in [2.05, 4.69) is 11.8 Å². The highest BCUT2D eigenvalue weighted by Gasteiger charge is 2.30. The lowest BCUT2D eigenvalue weighted by Crippen LogP contribution is -2.28. The molecule has 3 rings (SSSR count). The van der Waals surface area contributed by atoms with Crippen molar-refractivity contribution in [2.24, 2.45) is 0 Å². The molecule has 1 unspecified atom stereocenters. The predicted octanol–water partition coefficient (Wildman–Crippen LogP) is 7.04. The fraction of sp³-hybridized carbons (Fsp3) is 0.333. The van der Waals surface area contributed by atoms with E-state index in [-0.39, 0.29) is 11.8 Å². The topological polar surface area (TPSA) is 37.4 Å². The third kappa shape index (κ3) is 6.70. The van der Waals surface area contributed by atoms with Gasteiger partial charge in [-0.2, -0.15) is 13.2 Å². The summed E-state index contributed by atoms with van der Waals surface area (Å²) < 4.78 is 63.6. The van der Waals surface area contributed by atoms with Crippen molar-refractivity contribution in [3.63, 3.8) is 0 Å². The number of nitrogens with zero attached hydrogens (tertiary/aromatic N) is 1. The SMILES string of the molecule is CCCC(c1ccc(C(F)(F)F)cc1)N(Cc1ccccc1)Cc1ccc(S(=O)(=O)CC)cc1. The lowest BCUT2D eigenvalue weighted by molar-refractivity contribution is -0.137. The molecule has 7 heteroatoms. The average Bonchev–Trinajstić information content (AvgIpc) is 2.83. The van der Waals surface area contributed by atoms with Gasteiger partial charge in [0.05, 0.1) is 16.2 Å². The molecule has 0 aliphatic rings. The van der Waals surface area contributed by atoms with Crippen LogP contribution in [0.25, 0.3) is 0 Å².